The van der Waals surface area contributed by atoms with Gasteiger partial charge in [0.2, 0.25) is 0 Å². The van der Waals surface area contributed by atoms with E-state index in [0.29, 0.717) is 35.8 Å². The molecule has 0 bridgehead atoms. The Labute approximate surface area is 221 Å². The van der Waals surface area contributed by atoms with Crippen LogP contribution in [0.15, 0.2) is 54.7 Å². The molecule has 1 spiro atoms. The van der Waals surface area contributed by atoms with Gasteiger partial charge < -0.3 is 24.4 Å². The third-order valence-corrected chi connectivity index (χ3v) is 7.72. The van der Waals surface area contributed by atoms with Crippen molar-refractivity contribution in [2.75, 3.05) is 32.6 Å². The Balaban J connectivity index is 1.16. The minimum absolute atomic E-state index is 0.104. The summed E-state index contributed by atoms with van der Waals surface area (Å²) in [6.45, 7) is 1.23. The third kappa shape index (κ3) is 4.27. The van der Waals surface area contributed by atoms with E-state index in [2.05, 4.69) is 21.5 Å². The smallest absolute Gasteiger partial charge is 0.272 e. The number of benzene rings is 2. The average Bonchev–Trinajstić information content (AvgIpc) is 3.36. The molecule has 6 rings (SSSR count). The van der Waals surface area contributed by atoms with Crippen LogP contribution in [0.4, 0.5) is 11.5 Å². The van der Waals surface area contributed by atoms with Crippen molar-refractivity contribution in [3.05, 3.63) is 66.0 Å². The molecule has 0 aliphatic carbocycles. The van der Waals surface area contributed by atoms with Crippen LogP contribution in [0, 0.1) is 0 Å². The lowest BCUT2D eigenvalue weighted by atomic mass is 9.83. The molecule has 0 atom stereocenters. The lowest BCUT2D eigenvalue weighted by Crippen LogP contribution is -2.51. The van der Waals surface area contributed by atoms with Gasteiger partial charge in [-0.15, -0.1) is 0 Å². The second-order valence-electron chi connectivity index (χ2n) is 9.93. The molecule has 4 aromatic rings. The first kappa shape index (κ1) is 24.1. The molecule has 196 valence electrons. The molecule has 0 radical (unpaired) electrons. The van der Waals surface area contributed by atoms with Gasteiger partial charge in [-0.3, -0.25) is 9.48 Å². The number of aromatic nitrogens is 3. The molecule has 2 aliphatic rings. The summed E-state index contributed by atoms with van der Waals surface area (Å²) in [7, 11) is 5.11. The van der Waals surface area contributed by atoms with Gasteiger partial charge in [0.05, 0.1) is 20.4 Å². The van der Waals surface area contributed by atoms with Crippen molar-refractivity contribution >= 4 is 28.3 Å². The highest BCUT2D eigenvalue weighted by molar-refractivity contribution is 5.98. The van der Waals surface area contributed by atoms with Crippen molar-refractivity contribution in [3.8, 4) is 17.2 Å². The lowest BCUT2D eigenvalue weighted by Gasteiger charge is -2.44. The van der Waals surface area contributed by atoms with Crippen LogP contribution < -0.4 is 19.5 Å². The maximum absolute atomic E-state index is 13.5. The van der Waals surface area contributed by atoms with Crippen LogP contribution in [0.5, 0.6) is 17.2 Å². The fraction of sp³-hybridized carbons (Fsp3) is 0.345. The average molecular weight is 514 g/mol. The van der Waals surface area contributed by atoms with Gasteiger partial charge in [-0.05, 0) is 48.7 Å². The second kappa shape index (κ2) is 9.55. The van der Waals surface area contributed by atoms with E-state index in [9.17, 15) is 4.79 Å². The first-order valence-electron chi connectivity index (χ1n) is 12.9. The van der Waals surface area contributed by atoms with Crippen LogP contribution in [-0.2, 0) is 13.5 Å². The molecule has 2 aliphatic heterocycles. The van der Waals surface area contributed by atoms with Crippen molar-refractivity contribution in [1.29, 1.82) is 0 Å². The topological polar surface area (TPSA) is 90.7 Å². The number of carbonyl (C=O) groups is 1. The Morgan fingerprint density at radius 2 is 1.84 bits per heavy atom. The number of aryl methyl sites for hydroxylation is 2. The van der Waals surface area contributed by atoms with Gasteiger partial charge in [0, 0.05) is 56.2 Å². The highest BCUT2D eigenvalue weighted by atomic mass is 16.5. The number of hydrogen-bond acceptors (Lipinski definition) is 7. The molecular formula is C29H31N5O4. The number of nitrogens with zero attached hydrogens (tertiary/aromatic N) is 4. The summed E-state index contributed by atoms with van der Waals surface area (Å²) >= 11 is 0. The molecule has 4 heterocycles. The van der Waals surface area contributed by atoms with Crippen molar-refractivity contribution in [2.24, 2.45) is 7.05 Å². The van der Waals surface area contributed by atoms with E-state index >= 15 is 0 Å². The van der Waals surface area contributed by atoms with E-state index in [1.165, 1.54) is 5.56 Å². The van der Waals surface area contributed by atoms with Crippen LogP contribution in [0.2, 0.25) is 0 Å². The number of nitrogens with one attached hydrogen (secondary N) is 1. The van der Waals surface area contributed by atoms with E-state index in [1.54, 1.807) is 31.2 Å². The largest absolute Gasteiger partial charge is 0.496 e. The van der Waals surface area contributed by atoms with Crippen LogP contribution in [0.3, 0.4) is 0 Å². The number of para-hydroxylation sites is 1. The zero-order valence-corrected chi connectivity index (χ0v) is 21.9. The SMILES string of the molecule is COc1cc(C(=O)N2CCC3(CCc4cc(Nc5ccnn5C)ccc4O3)CC2)nc2c(OC)cccc12. The summed E-state index contributed by atoms with van der Waals surface area (Å²) in [5.74, 6) is 2.98. The number of rotatable bonds is 5. The summed E-state index contributed by atoms with van der Waals surface area (Å²) in [6, 6.07) is 15.5. The molecule has 0 unspecified atom stereocenters. The molecule has 2 aromatic carbocycles. The summed E-state index contributed by atoms with van der Waals surface area (Å²) in [4.78, 5) is 20.0. The van der Waals surface area contributed by atoms with Gasteiger partial charge in [0.15, 0.2) is 0 Å². The number of fused-ring (bicyclic) bond motifs is 2. The Hall–Kier alpha value is -4.27. The number of hydrogen-bond donors (Lipinski definition) is 1. The zero-order valence-electron chi connectivity index (χ0n) is 21.9. The van der Waals surface area contributed by atoms with Crippen LogP contribution in [-0.4, -0.2) is 58.5 Å². The van der Waals surface area contributed by atoms with Crippen molar-refractivity contribution in [1.82, 2.24) is 19.7 Å². The molecule has 9 heteroatoms. The molecule has 38 heavy (non-hydrogen) atoms. The fourth-order valence-corrected chi connectivity index (χ4v) is 5.51. The second-order valence-corrected chi connectivity index (χ2v) is 9.93. The number of pyridine rings is 1. The normalized spacial score (nSPS) is 16.1. The van der Waals surface area contributed by atoms with Gasteiger partial charge in [-0.25, -0.2) is 4.98 Å². The summed E-state index contributed by atoms with van der Waals surface area (Å²) < 4.78 is 19.5. The van der Waals surface area contributed by atoms with E-state index in [1.807, 2.05) is 48.3 Å². The van der Waals surface area contributed by atoms with Crippen molar-refractivity contribution < 1.29 is 19.0 Å². The number of carbonyl (C=O) groups excluding carboxylic acids is 1. The first-order valence-corrected chi connectivity index (χ1v) is 12.9. The van der Waals surface area contributed by atoms with Gasteiger partial charge >= 0.3 is 0 Å². The van der Waals surface area contributed by atoms with Crippen LogP contribution in [0.25, 0.3) is 10.9 Å². The Morgan fingerprint density at radius 3 is 2.58 bits per heavy atom. The number of piperidine rings is 1. The van der Waals surface area contributed by atoms with E-state index in [4.69, 9.17) is 14.2 Å². The molecule has 1 amide bonds. The number of ether oxygens (including phenoxy) is 3. The zero-order chi connectivity index (χ0) is 26.3. The number of likely N-dealkylation sites (tertiary alicyclic amines) is 1. The Morgan fingerprint density at radius 1 is 1.03 bits per heavy atom. The quantitative estimate of drug-likeness (QED) is 0.413. The standard InChI is InChI=1S/C29H31N5O4/c1-33-26(10-14-30-33)31-20-7-8-23-19(17-20)9-11-29(38-23)12-15-34(16-13-29)28(35)22-18-25(37-3)21-5-4-6-24(36-2)27(21)32-22/h4-8,10,14,17-18,31H,9,11-13,15-16H2,1-3H3. The van der Waals surface area contributed by atoms with Crippen LogP contribution in [0.1, 0.15) is 35.3 Å². The highest BCUT2D eigenvalue weighted by Crippen LogP contribution is 2.41. The maximum atomic E-state index is 13.5. The molecule has 1 fully saturated rings. The monoisotopic (exact) mass is 513 g/mol. The van der Waals surface area contributed by atoms with Gasteiger partial charge in [-0.1, -0.05) is 6.07 Å². The minimum atomic E-state index is -0.252. The summed E-state index contributed by atoms with van der Waals surface area (Å²) in [6.07, 6.45) is 5.19. The van der Waals surface area contributed by atoms with E-state index in [0.717, 1.165) is 48.3 Å². The Kier molecular flexibility index (Phi) is 6.06. The summed E-state index contributed by atoms with van der Waals surface area (Å²) in [5, 5.41) is 8.44. The van der Waals surface area contributed by atoms with Crippen molar-refractivity contribution in [2.45, 2.75) is 31.3 Å². The van der Waals surface area contributed by atoms with Gasteiger partial charge in [0.1, 0.15) is 39.9 Å². The highest BCUT2D eigenvalue weighted by Gasteiger charge is 2.41. The Bertz CT molecular complexity index is 1510. The fourth-order valence-electron chi connectivity index (χ4n) is 5.51. The predicted molar refractivity (Wildman–Crippen MR) is 145 cm³/mol. The summed E-state index contributed by atoms with van der Waals surface area (Å²) in [5.41, 5.74) is 2.94. The molecular weight excluding hydrogens is 482 g/mol. The van der Waals surface area contributed by atoms with E-state index < -0.39 is 0 Å². The van der Waals surface area contributed by atoms with Crippen LogP contribution >= 0.6 is 0 Å². The molecule has 0 saturated carbocycles. The molecule has 2 aromatic heterocycles. The predicted octanol–water partition coefficient (Wildman–Crippen LogP) is 4.73. The molecule has 9 nitrogen and oxygen atoms in total. The molecule has 1 saturated heterocycles. The number of amides is 1. The molecule has 1 N–H and O–H groups in total. The van der Waals surface area contributed by atoms with E-state index in [-0.39, 0.29) is 11.5 Å². The third-order valence-electron chi connectivity index (χ3n) is 7.72. The minimum Gasteiger partial charge on any atom is -0.496 e. The first-order chi connectivity index (χ1) is 18.5. The lowest BCUT2D eigenvalue weighted by molar-refractivity contribution is -0.0108. The number of methoxy groups -OCH3 is 2. The van der Waals surface area contributed by atoms with Gasteiger partial charge in [0.25, 0.3) is 5.91 Å². The van der Waals surface area contributed by atoms with Gasteiger partial charge in [-0.2, -0.15) is 5.10 Å². The van der Waals surface area contributed by atoms with Crippen molar-refractivity contribution in [3.63, 3.8) is 0 Å². The maximum Gasteiger partial charge on any atom is 0.272 e. The number of anilines is 2.